The van der Waals surface area contributed by atoms with Gasteiger partial charge in [0.25, 0.3) is 0 Å². The number of nitrogens with one attached hydrogen (secondary N) is 1. The summed E-state index contributed by atoms with van der Waals surface area (Å²) in [5.41, 5.74) is 0.559. The molecule has 0 atom stereocenters. The minimum atomic E-state index is 0.172. The summed E-state index contributed by atoms with van der Waals surface area (Å²) in [6.45, 7) is 15.5. The van der Waals surface area contributed by atoms with E-state index in [1.54, 1.807) is 0 Å². The molecule has 0 radical (unpaired) electrons. The first-order chi connectivity index (χ1) is 7.74. The number of nitrogens with zero attached hydrogens (tertiary/aromatic N) is 1. The van der Waals surface area contributed by atoms with Crippen LogP contribution in [-0.4, -0.2) is 11.5 Å². The third-order valence-electron chi connectivity index (χ3n) is 3.06. The number of hydrogen-bond donors (Lipinski definition) is 1. The van der Waals surface area contributed by atoms with Gasteiger partial charge in [0.2, 0.25) is 0 Å². The number of aromatic nitrogens is 1. The molecule has 0 saturated carbocycles. The lowest BCUT2D eigenvalue weighted by atomic mass is 9.90. The lowest BCUT2D eigenvalue weighted by molar-refractivity contribution is 0.328. The molecule has 17 heavy (non-hydrogen) atoms. The highest BCUT2D eigenvalue weighted by atomic mass is 32.1. The van der Waals surface area contributed by atoms with Crippen LogP contribution >= 0.6 is 11.3 Å². The molecular weight excluding hydrogens is 228 g/mol. The molecule has 0 fully saturated rings. The first-order valence-corrected chi connectivity index (χ1v) is 7.22. The Morgan fingerprint density at radius 3 is 2.35 bits per heavy atom. The fourth-order valence-electron chi connectivity index (χ4n) is 1.39. The maximum Gasteiger partial charge on any atom is 0.0981 e. The molecule has 0 aromatic carbocycles. The van der Waals surface area contributed by atoms with Crippen molar-refractivity contribution < 1.29 is 0 Å². The number of rotatable bonds is 5. The van der Waals surface area contributed by atoms with Gasteiger partial charge < -0.3 is 5.32 Å². The summed E-state index contributed by atoms with van der Waals surface area (Å²) >= 11 is 1.82. The van der Waals surface area contributed by atoms with Gasteiger partial charge in [-0.2, -0.15) is 0 Å². The number of hydrogen-bond acceptors (Lipinski definition) is 3. The lowest BCUT2D eigenvalue weighted by Gasteiger charge is -2.22. The molecule has 0 aliphatic carbocycles. The van der Waals surface area contributed by atoms with Crippen LogP contribution in [0.5, 0.6) is 0 Å². The average Bonchev–Trinajstić information content (AvgIpc) is 2.66. The smallest absolute Gasteiger partial charge is 0.0981 e. The molecule has 0 spiro atoms. The van der Waals surface area contributed by atoms with Crippen LogP contribution in [0.1, 0.15) is 57.8 Å². The van der Waals surface area contributed by atoms with Gasteiger partial charge in [-0.3, -0.25) is 0 Å². The van der Waals surface area contributed by atoms with Crippen LogP contribution in [0.4, 0.5) is 0 Å². The molecule has 1 rings (SSSR count). The van der Waals surface area contributed by atoms with Gasteiger partial charge in [0.1, 0.15) is 0 Å². The SMILES string of the molecule is CCC(C)(C)CNCc1cnc(C(C)(C)C)s1. The van der Waals surface area contributed by atoms with Crippen molar-refractivity contribution in [2.45, 2.75) is 59.9 Å². The van der Waals surface area contributed by atoms with Crippen LogP contribution in [0, 0.1) is 5.41 Å². The van der Waals surface area contributed by atoms with Crippen molar-refractivity contribution in [1.29, 1.82) is 0 Å². The summed E-state index contributed by atoms with van der Waals surface area (Å²) in [6.07, 6.45) is 3.22. The van der Waals surface area contributed by atoms with E-state index in [1.807, 2.05) is 17.5 Å². The first kappa shape index (κ1) is 14.7. The molecule has 1 N–H and O–H groups in total. The number of thiazole rings is 1. The summed E-state index contributed by atoms with van der Waals surface area (Å²) in [7, 11) is 0. The summed E-state index contributed by atoms with van der Waals surface area (Å²) < 4.78 is 0. The topological polar surface area (TPSA) is 24.9 Å². The first-order valence-electron chi connectivity index (χ1n) is 6.40. The third-order valence-corrected chi connectivity index (χ3v) is 4.48. The van der Waals surface area contributed by atoms with E-state index in [0.29, 0.717) is 5.41 Å². The maximum absolute atomic E-state index is 4.50. The molecule has 0 aliphatic rings. The standard InChI is InChI=1S/C14H26N2S/c1-7-14(5,6)10-15-8-11-9-16-12(17-11)13(2,3)4/h9,15H,7-8,10H2,1-6H3. The zero-order chi connectivity index (χ0) is 13.1. The Morgan fingerprint density at radius 1 is 1.24 bits per heavy atom. The highest BCUT2D eigenvalue weighted by Crippen LogP contribution is 2.26. The molecule has 0 aliphatic heterocycles. The summed E-state index contributed by atoms with van der Waals surface area (Å²) in [4.78, 5) is 5.84. The van der Waals surface area contributed by atoms with E-state index in [4.69, 9.17) is 0 Å². The minimum absolute atomic E-state index is 0.172. The van der Waals surface area contributed by atoms with Crippen LogP contribution in [0.25, 0.3) is 0 Å². The van der Waals surface area contributed by atoms with Crippen molar-refractivity contribution in [1.82, 2.24) is 10.3 Å². The van der Waals surface area contributed by atoms with Crippen LogP contribution in [0.3, 0.4) is 0 Å². The van der Waals surface area contributed by atoms with E-state index in [0.717, 1.165) is 13.1 Å². The highest BCUT2D eigenvalue weighted by Gasteiger charge is 2.18. The van der Waals surface area contributed by atoms with Crippen LogP contribution in [0.15, 0.2) is 6.20 Å². The van der Waals surface area contributed by atoms with Crippen LogP contribution in [-0.2, 0) is 12.0 Å². The van der Waals surface area contributed by atoms with Gasteiger partial charge in [-0.05, 0) is 11.8 Å². The van der Waals surface area contributed by atoms with E-state index in [1.165, 1.54) is 16.3 Å². The molecule has 0 saturated heterocycles. The molecule has 0 bridgehead atoms. The molecular formula is C14H26N2S. The van der Waals surface area contributed by atoms with E-state index in [9.17, 15) is 0 Å². The zero-order valence-corrected chi connectivity index (χ0v) is 12.9. The van der Waals surface area contributed by atoms with Gasteiger partial charge in [0.15, 0.2) is 0 Å². The largest absolute Gasteiger partial charge is 0.311 e. The fourth-order valence-corrected chi connectivity index (χ4v) is 2.32. The Labute approximate surface area is 110 Å². The van der Waals surface area contributed by atoms with E-state index in [-0.39, 0.29) is 5.41 Å². The normalized spacial score (nSPS) is 13.1. The Kier molecular flexibility index (Phi) is 4.73. The van der Waals surface area contributed by atoms with Gasteiger partial charge >= 0.3 is 0 Å². The minimum Gasteiger partial charge on any atom is -0.311 e. The Hall–Kier alpha value is -0.410. The lowest BCUT2D eigenvalue weighted by Crippen LogP contribution is -2.28. The highest BCUT2D eigenvalue weighted by molar-refractivity contribution is 7.11. The van der Waals surface area contributed by atoms with Crippen molar-refractivity contribution in [3.63, 3.8) is 0 Å². The van der Waals surface area contributed by atoms with Crippen molar-refractivity contribution >= 4 is 11.3 Å². The molecule has 2 nitrogen and oxygen atoms in total. The van der Waals surface area contributed by atoms with Crippen LogP contribution in [0.2, 0.25) is 0 Å². The Bertz CT molecular complexity index is 347. The van der Waals surface area contributed by atoms with E-state index < -0.39 is 0 Å². The molecule has 1 aromatic heterocycles. The molecule has 3 heteroatoms. The van der Waals surface area contributed by atoms with Crippen molar-refractivity contribution in [3.8, 4) is 0 Å². The van der Waals surface area contributed by atoms with E-state index in [2.05, 4.69) is 51.8 Å². The van der Waals surface area contributed by atoms with Gasteiger partial charge in [-0.25, -0.2) is 4.98 Å². The summed E-state index contributed by atoms with van der Waals surface area (Å²) in [5, 5.41) is 4.75. The van der Waals surface area contributed by atoms with Gasteiger partial charge in [0.05, 0.1) is 5.01 Å². The van der Waals surface area contributed by atoms with Crippen molar-refractivity contribution in [2.75, 3.05) is 6.54 Å². The predicted molar refractivity (Wildman–Crippen MR) is 76.6 cm³/mol. The Morgan fingerprint density at radius 2 is 1.88 bits per heavy atom. The van der Waals surface area contributed by atoms with Crippen molar-refractivity contribution in [3.05, 3.63) is 16.1 Å². The molecule has 1 heterocycles. The zero-order valence-electron chi connectivity index (χ0n) is 12.1. The fraction of sp³-hybridized carbons (Fsp3) is 0.786. The Balaban J connectivity index is 2.46. The third kappa shape index (κ3) is 4.76. The molecule has 0 amide bonds. The predicted octanol–water partition coefficient (Wildman–Crippen LogP) is 3.97. The monoisotopic (exact) mass is 254 g/mol. The van der Waals surface area contributed by atoms with Crippen LogP contribution < -0.4 is 5.32 Å². The second-order valence-electron chi connectivity index (χ2n) is 6.50. The average molecular weight is 254 g/mol. The quantitative estimate of drug-likeness (QED) is 0.860. The second kappa shape index (κ2) is 5.49. The van der Waals surface area contributed by atoms with Gasteiger partial charge in [0, 0.05) is 29.6 Å². The van der Waals surface area contributed by atoms with Crippen molar-refractivity contribution in [2.24, 2.45) is 5.41 Å². The molecule has 0 unspecified atom stereocenters. The molecule has 98 valence electrons. The summed E-state index contributed by atoms with van der Waals surface area (Å²) in [6, 6.07) is 0. The van der Waals surface area contributed by atoms with E-state index >= 15 is 0 Å². The molecule has 1 aromatic rings. The second-order valence-corrected chi connectivity index (χ2v) is 7.62. The maximum atomic E-state index is 4.50. The van der Waals surface area contributed by atoms with Gasteiger partial charge in [-0.1, -0.05) is 41.5 Å². The summed E-state index contributed by atoms with van der Waals surface area (Å²) in [5.74, 6) is 0. The van der Waals surface area contributed by atoms with Gasteiger partial charge in [-0.15, -0.1) is 11.3 Å².